The summed E-state index contributed by atoms with van der Waals surface area (Å²) in [6.45, 7) is 2.58. The average molecular weight is 452 g/mol. The fourth-order valence-electron chi connectivity index (χ4n) is 3.56. The summed E-state index contributed by atoms with van der Waals surface area (Å²) >= 11 is 0. The number of hydrogen-bond acceptors (Lipinski definition) is 4. The molecule has 2 aromatic carbocycles. The van der Waals surface area contributed by atoms with Crippen molar-refractivity contribution >= 4 is 17.8 Å². The number of hydroxylamine groups is 1. The molecule has 0 fully saturated rings. The standard InChI is InChI=1S/C28H37NO4/c1-2-3-4-5-6-7-8-10-15-23-16-13-19-25(22-23)27(32)28(24-17-11-9-12-18-24)33-29-21-14-20-26(30)31/h9-13,15-19,22,28-29H,2-8,14,20-21H2,1H3,(H,30,31). The normalized spacial score (nSPS) is 12.2. The Kier molecular flexibility index (Phi) is 12.8. The van der Waals surface area contributed by atoms with E-state index in [-0.39, 0.29) is 12.2 Å². The number of benzene rings is 2. The van der Waals surface area contributed by atoms with Gasteiger partial charge in [0.15, 0.2) is 11.9 Å². The molecule has 0 saturated carbocycles. The summed E-state index contributed by atoms with van der Waals surface area (Å²) in [7, 11) is 0. The molecule has 2 rings (SSSR count). The molecular weight excluding hydrogens is 414 g/mol. The minimum absolute atomic E-state index is 0.0490. The average Bonchev–Trinajstić information content (AvgIpc) is 2.83. The van der Waals surface area contributed by atoms with Crippen molar-refractivity contribution in [1.29, 1.82) is 0 Å². The van der Waals surface area contributed by atoms with E-state index in [1.807, 2.05) is 48.5 Å². The van der Waals surface area contributed by atoms with Crippen LogP contribution in [-0.4, -0.2) is 23.4 Å². The van der Waals surface area contributed by atoms with Crippen molar-refractivity contribution in [2.45, 2.75) is 70.8 Å². The predicted octanol–water partition coefficient (Wildman–Crippen LogP) is 6.76. The molecule has 0 aromatic heterocycles. The Morgan fingerprint density at radius 2 is 1.73 bits per heavy atom. The molecule has 0 amide bonds. The molecule has 2 aromatic rings. The number of unbranched alkanes of at least 4 members (excludes halogenated alkanes) is 6. The highest BCUT2D eigenvalue weighted by Gasteiger charge is 2.23. The van der Waals surface area contributed by atoms with Gasteiger partial charge >= 0.3 is 5.97 Å². The van der Waals surface area contributed by atoms with Crippen molar-refractivity contribution < 1.29 is 19.5 Å². The lowest BCUT2D eigenvalue weighted by Gasteiger charge is -2.17. The molecule has 2 N–H and O–H groups in total. The van der Waals surface area contributed by atoms with Gasteiger partial charge in [0.1, 0.15) is 0 Å². The van der Waals surface area contributed by atoms with Crippen LogP contribution in [-0.2, 0) is 9.63 Å². The Balaban J connectivity index is 1.96. The highest BCUT2D eigenvalue weighted by atomic mass is 16.7. The number of carboxylic acids is 1. The summed E-state index contributed by atoms with van der Waals surface area (Å²) in [5.41, 5.74) is 5.10. The predicted molar refractivity (Wildman–Crippen MR) is 133 cm³/mol. The molecule has 5 nitrogen and oxygen atoms in total. The number of nitrogens with one attached hydrogen (secondary N) is 1. The zero-order chi connectivity index (χ0) is 23.7. The molecule has 0 spiro atoms. The Bertz CT molecular complexity index is 863. The second-order valence-corrected chi connectivity index (χ2v) is 8.25. The van der Waals surface area contributed by atoms with E-state index in [0.717, 1.165) is 17.5 Å². The summed E-state index contributed by atoms with van der Waals surface area (Å²) < 4.78 is 0. The molecule has 5 heteroatoms. The van der Waals surface area contributed by atoms with Crippen LogP contribution >= 0.6 is 0 Å². The highest BCUT2D eigenvalue weighted by Crippen LogP contribution is 2.22. The molecule has 0 heterocycles. The van der Waals surface area contributed by atoms with Crippen molar-refractivity contribution in [1.82, 2.24) is 5.48 Å². The van der Waals surface area contributed by atoms with E-state index < -0.39 is 12.1 Å². The smallest absolute Gasteiger partial charge is 0.303 e. The van der Waals surface area contributed by atoms with Gasteiger partial charge in [-0.2, -0.15) is 0 Å². The first kappa shape index (κ1) is 26.5. The molecule has 1 unspecified atom stereocenters. The van der Waals surface area contributed by atoms with Crippen LogP contribution in [0, 0.1) is 0 Å². The largest absolute Gasteiger partial charge is 0.481 e. The molecule has 1 atom stereocenters. The number of aliphatic carboxylic acids is 1. The first-order valence-electron chi connectivity index (χ1n) is 12.1. The van der Waals surface area contributed by atoms with Crippen molar-refractivity contribution in [2.75, 3.05) is 6.54 Å². The van der Waals surface area contributed by atoms with Gasteiger partial charge in [-0.1, -0.05) is 99.7 Å². The first-order valence-corrected chi connectivity index (χ1v) is 12.1. The monoisotopic (exact) mass is 451 g/mol. The molecule has 0 aliphatic rings. The van der Waals surface area contributed by atoms with E-state index >= 15 is 0 Å². The first-order chi connectivity index (χ1) is 16.1. The van der Waals surface area contributed by atoms with Gasteiger partial charge in [0.05, 0.1) is 0 Å². The minimum Gasteiger partial charge on any atom is -0.481 e. The third-order valence-corrected chi connectivity index (χ3v) is 5.42. The van der Waals surface area contributed by atoms with Crippen LogP contribution in [0.5, 0.6) is 0 Å². The second-order valence-electron chi connectivity index (χ2n) is 8.25. The molecule has 0 bridgehead atoms. The van der Waals surface area contributed by atoms with E-state index in [1.54, 1.807) is 6.07 Å². The Morgan fingerprint density at radius 1 is 0.970 bits per heavy atom. The lowest BCUT2D eigenvalue weighted by molar-refractivity contribution is -0.137. The van der Waals surface area contributed by atoms with Gasteiger partial charge in [-0.25, -0.2) is 5.48 Å². The fourth-order valence-corrected chi connectivity index (χ4v) is 3.56. The quantitative estimate of drug-likeness (QED) is 0.158. The zero-order valence-corrected chi connectivity index (χ0v) is 19.7. The third kappa shape index (κ3) is 10.6. The van der Waals surface area contributed by atoms with Crippen LogP contribution in [0.4, 0.5) is 0 Å². The molecule has 33 heavy (non-hydrogen) atoms. The van der Waals surface area contributed by atoms with Gasteiger partial charge in [0.2, 0.25) is 0 Å². The zero-order valence-electron chi connectivity index (χ0n) is 19.7. The number of carbonyl (C=O) groups excluding carboxylic acids is 1. The van der Waals surface area contributed by atoms with E-state index in [1.165, 1.54) is 38.5 Å². The summed E-state index contributed by atoms with van der Waals surface area (Å²) in [5.74, 6) is -0.994. The summed E-state index contributed by atoms with van der Waals surface area (Å²) in [6, 6.07) is 16.9. The van der Waals surface area contributed by atoms with Gasteiger partial charge < -0.3 is 5.11 Å². The van der Waals surface area contributed by atoms with Crippen LogP contribution < -0.4 is 5.48 Å². The number of hydrogen-bond donors (Lipinski definition) is 2. The number of carboxylic acid groups (broad SMARTS) is 1. The van der Waals surface area contributed by atoms with Gasteiger partial charge in [-0.05, 0) is 36.5 Å². The van der Waals surface area contributed by atoms with Crippen LogP contribution in [0.3, 0.4) is 0 Å². The summed E-state index contributed by atoms with van der Waals surface area (Å²) in [4.78, 5) is 29.7. The Hall–Kier alpha value is -2.76. The van der Waals surface area contributed by atoms with E-state index in [4.69, 9.17) is 9.94 Å². The number of Topliss-reactive ketones (excluding diaryl/α,β-unsaturated/α-hetero) is 1. The van der Waals surface area contributed by atoms with Gasteiger partial charge in [-0.3, -0.25) is 14.4 Å². The maximum absolute atomic E-state index is 13.3. The number of rotatable bonds is 17. The Morgan fingerprint density at radius 3 is 2.48 bits per heavy atom. The second kappa shape index (κ2) is 15.9. The van der Waals surface area contributed by atoms with Crippen LogP contribution in [0.25, 0.3) is 6.08 Å². The fraction of sp³-hybridized carbons (Fsp3) is 0.429. The molecule has 0 aliphatic carbocycles. The minimum atomic E-state index is -0.853. The van der Waals surface area contributed by atoms with Crippen molar-refractivity contribution in [3.63, 3.8) is 0 Å². The number of carbonyl (C=O) groups is 2. The topological polar surface area (TPSA) is 75.6 Å². The van der Waals surface area contributed by atoms with Gasteiger partial charge in [-0.15, -0.1) is 0 Å². The van der Waals surface area contributed by atoms with Gasteiger partial charge in [0, 0.05) is 18.5 Å². The lowest BCUT2D eigenvalue weighted by Crippen LogP contribution is -2.25. The van der Waals surface area contributed by atoms with Crippen LogP contribution in [0.1, 0.15) is 92.3 Å². The number of allylic oxidation sites excluding steroid dienone is 1. The molecular formula is C28H37NO4. The Labute approximate surface area is 197 Å². The van der Waals surface area contributed by atoms with Crippen molar-refractivity contribution in [2.24, 2.45) is 0 Å². The van der Waals surface area contributed by atoms with Crippen LogP contribution in [0.15, 0.2) is 60.7 Å². The molecule has 0 radical (unpaired) electrons. The highest BCUT2D eigenvalue weighted by molar-refractivity contribution is 6.00. The maximum atomic E-state index is 13.3. The lowest BCUT2D eigenvalue weighted by atomic mass is 9.98. The summed E-state index contributed by atoms with van der Waals surface area (Å²) in [5, 5.41) is 8.77. The van der Waals surface area contributed by atoms with E-state index in [2.05, 4.69) is 24.6 Å². The van der Waals surface area contributed by atoms with Crippen molar-refractivity contribution in [3.8, 4) is 0 Å². The van der Waals surface area contributed by atoms with Crippen LogP contribution in [0.2, 0.25) is 0 Å². The maximum Gasteiger partial charge on any atom is 0.303 e. The van der Waals surface area contributed by atoms with Crippen molar-refractivity contribution in [3.05, 3.63) is 77.4 Å². The molecule has 0 aliphatic heterocycles. The molecule has 0 saturated heterocycles. The van der Waals surface area contributed by atoms with E-state index in [0.29, 0.717) is 18.5 Å². The molecule has 178 valence electrons. The summed E-state index contributed by atoms with van der Waals surface area (Å²) in [6.07, 6.45) is 12.6. The van der Waals surface area contributed by atoms with Gasteiger partial charge in [0.25, 0.3) is 0 Å². The van der Waals surface area contributed by atoms with E-state index in [9.17, 15) is 9.59 Å². The third-order valence-electron chi connectivity index (χ3n) is 5.42. The number of ketones is 1. The SMILES string of the molecule is CCCCCCCCC=Cc1cccc(C(=O)C(ONCCCC(=O)O)c2ccccc2)c1.